The Bertz CT molecular complexity index is 345. The molecular formula is C11H11ClO2. The van der Waals surface area contributed by atoms with Gasteiger partial charge in [-0.15, -0.1) is 0 Å². The first-order chi connectivity index (χ1) is 6.79. The molecule has 0 radical (unpaired) electrons. The second-order valence-corrected chi connectivity index (χ2v) is 3.06. The predicted molar refractivity (Wildman–Crippen MR) is 57.1 cm³/mol. The molecular weight excluding hydrogens is 200 g/mol. The molecule has 1 rings (SSSR count). The standard InChI is InChI=1S/C11H11ClO2/c1-2-3-7-14-11-9(8-13)5-4-6-10(11)12/h2-6,8H,7H2,1H3/b3-2+. The maximum Gasteiger partial charge on any atom is 0.153 e. The van der Waals surface area contributed by atoms with Crippen LogP contribution in [0.2, 0.25) is 5.02 Å². The van der Waals surface area contributed by atoms with Crippen molar-refractivity contribution < 1.29 is 9.53 Å². The number of ether oxygens (including phenoxy) is 1. The van der Waals surface area contributed by atoms with E-state index in [1.165, 1.54) is 0 Å². The molecule has 0 N–H and O–H groups in total. The number of benzene rings is 1. The van der Waals surface area contributed by atoms with Crippen molar-refractivity contribution in [2.24, 2.45) is 0 Å². The van der Waals surface area contributed by atoms with Crippen LogP contribution in [0.25, 0.3) is 0 Å². The fourth-order valence-corrected chi connectivity index (χ4v) is 1.23. The number of rotatable bonds is 4. The van der Waals surface area contributed by atoms with Crippen LogP contribution in [0.4, 0.5) is 0 Å². The molecule has 0 unspecified atom stereocenters. The van der Waals surface area contributed by atoms with Gasteiger partial charge in [0.1, 0.15) is 12.4 Å². The van der Waals surface area contributed by atoms with Gasteiger partial charge in [-0.3, -0.25) is 4.79 Å². The average molecular weight is 211 g/mol. The first-order valence-corrected chi connectivity index (χ1v) is 4.65. The first-order valence-electron chi connectivity index (χ1n) is 4.27. The van der Waals surface area contributed by atoms with E-state index < -0.39 is 0 Å². The SMILES string of the molecule is C/C=C/COc1c(Cl)cccc1C=O. The lowest BCUT2D eigenvalue weighted by molar-refractivity contribution is 0.112. The van der Waals surface area contributed by atoms with Crippen LogP contribution in [0.3, 0.4) is 0 Å². The van der Waals surface area contributed by atoms with E-state index in [2.05, 4.69) is 0 Å². The van der Waals surface area contributed by atoms with Crippen molar-refractivity contribution in [1.82, 2.24) is 0 Å². The van der Waals surface area contributed by atoms with Crippen molar-refractivity contribution in [3.05, 3.63) is 40.9 Å². The molecule has 1 aromatic rings. The summed E-state index contributed by atoms with van der Waals surface area (Å²) in [6, 6.07) is 5.08. The van der Waals surface area contributed by atoms with E-state index in [-0.39, 0.29) is 0 Å². The summed E-state index contributed by atoms with van der Waals surface area (Å²) >= 11 is 5.88. The molecule has 0 saturated heterocycles. The van der Waals surface area contributed by atoms with E-state index >= 15 is 0 Å². The molecule has 0 heterocycles. The molecule has 0 aliphatic carbocycles. The molecule has 1 aromatic carbocycles. The van der Waals surface area contributed by atoms with Crippen LogP contribution in [0, 0.1) is 0 Å². The third-order valence-electron chi connectivity index (χ3n) is 1.68. The van der Waals surface area contributed by atoms with E-state index in [0.717, 1.165) is 6.29 Å². The minimum Gasteiger partial charge on any atom is -0.487 e. The Hall–Kier alpha value is -1.28. The Morgan fingerprint density at radius 3 is 2.93 bits per heavy atom. The summed E-state index contributed by atoms with van der Waals surface area (Å²) in [6.45, 7) is 2.32. The summed E-state index contributed by atoms with van der Waals surface area (Å²) in [5, 5.41) is 0.458. The highest BCUT2D eigenvalue weighted by Gasteiger charge is 2.06. The third kappa shape index (κ3) is 2.60. The molecule has 0 atom stereocenters. The first kappa shape index (κ1) is 10.8. The van der Waals surface area contributed by atoms with Crippen LogP contribution < -0.4 is 4.74 Å². The van der Waals surface area contributed by atoms with E-state index in [4.69, 9.17) is 16.3 Å². The Labute approximate surface area is 88.1 Å². The molecule has 0 bridgehead atoms. The number of aldehydes is 1. The number of hydrogen-bond acceptors (Lipinski definition) is 2. The number of allylic oxidation sites excluding steroid dienone is 1. The molecule has 3 heteroatoms. The molecule has 0 aromatic heterocycles. The maximum atomic E-state index is 10.7. The van der Waals surface area contributed by atoms with E-state index in [0.29, 0.717) is 22.9 Å². The van der Waals surface area contributed by atoms with Crippen molar-refractivity contribution in [2.75, 3.05) is 6.61 Å². The zero-order valence-electron chi connectivity index (χ0n) is 7.87. The second-order valence-electron chi connectivity index (χ2n) is 2.66. The van der Waals surface area contributed by atoms with Crippen molar-refractivity contribution in [2.45, 2.75) is 6.92 Å². The lowest BCUT2D eigenvalue weighted by atomic mass is 10.2. The van der Waals surface area contributed by atoms with Gasteiger partial charge in [-0.1, -0.05) is 29.8 Å². The topological polar surface area (TPSA) is 26.3 Å². The van der Waals surface area contributed by atoms with Gasteiger partial charge in [0.05, 0.1) is 10.6 Å². The molecule has 74 valence electrons. The van der Waals surface area contributed by atoms with Gasteiger partial charge in [-0.25, -0.2) is 0 Å². The van der Waals surface area contributed by atoms with E-state index in [9.17, 15) is 4.79 Å². The summed E-state index contributed by atoms with van der Waals surface area (Å²) in [5.41, 5.74) is 0.474. The predicted octanol–water partition coefficient (Wildman–Crippen LogP) is 3.11. The minimum absolute atomic E-state index is 0.418. The molecule has 0 fully saturated rings. The van der Waals surface area contributed by atoms with E-state index in [1.54, 1.807) is 18.2 Å². The Morgan fingerprint density at radius 1 is 1.50 bits per heavy atom. The fourth-order valence-electron chi connectivity index (χ4n) is 0.998. The molecule has 0 aliphatic heterocycles. The number of carbonyl (C=O) groups excluding carboxylic acids is 1. The largest absolute Gasteiger partial charge is 0.487 e. The fraction of sp³-hybridized carbons (Fsp3) is 0.182. The van der Waals surface area contributed by atoms with Crippen LogP contribution in [0.15, 0.2) is 30.4 Å². The molecule has 0 aliphatic rings. The van der Waals surface area contributed by atoms with Gasteiger partial charge in [-0.05, 0) is 19.1 Å². The minimum atomic E-state index is 0.418. The summed E-state index contributed by atoms with van der Waals surface area (Å²) < 4.78 is 5.35. The number of halogens is 1. The summed E-state index contributed by atoms with van der Waals surface area (Å²) in [6.07, 6.45) is 4.45. The highest BCUT2D eigenvalue weighted by atomic mass is 35.5. The van der Waals surface area contributed by atoms with E-state index in [1.807, 2.05) is 19.1 Å². The van der Waals surface area contributed by atoms with Gasteiger partial charge in [0.15, 0.2) is 6.29 Å². The summed E-state index contributed by atoms with van der Waals surface area (Å²) in [7, 11) is 0. The normalized spacial score (nSPS) is 10.4. The Balaban J connectivity index is 2.87. The van der Waals surface area contributed by atoms with Crippen molar-refractivity contribution >= 4 is 17.9 Å². The lowest BCUT2D eigenvalue weighted by Crippen LogP contribution is -1.97. The monoisotopic (exact) mass is 210 g/mol. The number of carbonyl (C=O) groups is 1. The van der Waals surface area contributed by atoms with Crippen LogP contribution in [-0.2, 0) is 0 Å². The van der Waals surface area contributed by atoms with Crippen LogP contribution in [0.1, 0.15) is 17.3 Å². The molecule has 0 spiro atoms. The molecule has 14 heavy (non-hydrogen) atoms. The van der Waals surface area contributed by atoms with Gasteiger partial charge >= 0.3 is 0 Å². The van der Waals surface area contributed by atoms with Crippen molar-refractivity contribution in [3.63, 3.8) is 0 Å². The molecule has 0 saturated carbocycles. The third-order valence-corrected chi connectivity index (χ3v) is 1.98. The van der Waals surface area contributed by atoms with Crippen molar-refractivity contribution in [1.29, 1.82) is 0 Å². The van der Waals surface area contributed by atoms with Gasteiger partial charge in [-0.2, -0.15) is 0 Å². The highest BCUT2D eigenvalue weighted by Crippen LogP contribution is 2.27. The Kier molecular flexibility index (Phi) is 4.20. The highest BCUT2D eigenvalue weighted by molar-refractivity contribution is 6.32. The lowest BCUT2D eigenvalue weighted by Gasteiger charge is -2.07. The van der Waals surface area contributed by atoms with Crippen LogP contribution in [0.5, 0.6) is 5.75 Å². The molecule has 0 amide bonds. The zero-order valence-corrected chi connectivity index (χ0v) is 8.62. The summed E-state index contributed by atoms with van der Waals surface area (Å²) in [4.78, 5) is 10.7. The van der Waals surface area contributed by atoms with Gasteiger partial charge in [0.25, 0.3) is 0 Å². The van der Waals surface area contributed by atoms with Crippen LogP contribution >= 0.6 is 11.6 Å². The second kappa shape index (κ2) is 5.45. The van der Waals surface area contributed by atoms with Crippen molar-refractivity contribution in [3.8, 4) is 5.75 Å². The average Bonchev–Trinajstić information content (AvgIpc) is 2.20. The maximum absolute atomic E-state index is 10.7. The molecule has 2 nitrogen and oxygen atoms in total. The zero-order chi connectivity index (χ0) is 10.4. The quantitative estimate of drug-likeness (QED) is 0.564. The van der Waals surface area contributed by atoms with Gasteiger partial charge in [0.2, 0.25) is 0 Å². The number of para-hydroxylation sites is 1. The number of hydrogen-bond donors (Lipinski definition) is 0. The van der Waals surface area contributed by atoms with Gasteiger partial charge in [0, 0.05) is 0 Å². The van der Waals surface area contributed by atoms with Gasteiger partial charge < -0.3 is 4.74 Å². The smallest absolute Gasteiger partial charge is 0.153 e. The Morgan fingerprint density at radius 2 is 2.29 bits per heavy atom. The summed E-state index contributed by atoms with van der Waals surface area (Å²) in [5.74, 6) is 0.447. The van der Waals surface area contributed by atoms with Crippen LogP contribution in [-0.4, -0.2) is 12.9 Å².